The number of aromatic amines is 1. The zero-order chi connectivity index (χ0) is 17.8. The molecule has 0 saturated carbocycles. The Balaban J connectivity index is 1.98. The lowest BCUT2D eigenvalue weighted by molar-refractivity contribution is 0.0681. The monoisotopic (exact) mass is 341 g/mol. The summed E-state index contributed by atoms with van der Waals surface area (Å²) in [7, 11) is 0. The van der Waals surface area contributed by atoms with Crippen molar-refractivity contribution in [1.29, 1.82) is 0 Å². The fourth-order valence-corrected chi connectivity index (χ4v) is 2.55. The summed E-state index contributed by atoms with van der Waals surface area (Å²) < 4.78 is 6.66. The molecule has 3 N–H and O–H groups in total. The molecule has 0 spiro atoms. The molecule has 0 saturated heterocycles. The van der Waals surface area contributed by atoms with Gasteiger partial charge in [0.2, 0.25) is 5.95 Å². The molecule has 130 valence electrons. The average Bonchev–Trinajstić information content (AvgIpc) is 3.08. The zero-order valence-electron chi connectivity index (χ0n) is 13.8. The number of benzene rings is 1. The maximum absolute atomic E-state index is 12.9. The maximum Gasteiger partial charge on any atom is 0.290 e. The number of fused-ring (bicyclic) bond motifs is 1. The summed E-state index contributed by atoms with van der Waals surface area (Å²) in [6.07, 6.45) is 2.64. The van der Waals surface area contributed by atoms with Gasteiger partial charge >= 0.3 is 0 Å². The lowest BCUT2D eigenvalue weighted by Gasteiger charge is -2.19. The summed E-state index contributed by atoms with van der Waals surface area (Å²) in [6.45, 7) is 2.02. The van der Waals surface area contributed by atoms with E-state index in [-0.39, 0.29) is 17.1 Å². The van der Waals surface area contributed by atoms with Crippen LogP contribution in [0.1, 0.15) is 31.0 Å². The maximum atomic E-state index is 12.9. The quantitative estimate of drug-likeness (QED) is 0.708. The van der Waals surface area contributed by atoms with E-state index < -0.39 is 17.6 Å². The summed E-state index contributed by atoms with van der Waals surface area (Å²) in [6, 6.07) is 9.00. The largest absolute Gasteiger partial charge is 0.481 e. The van der Waals surface area contributed by atoms with Gasteiger partial charge in [-0.3, -0.25) is 9.59 Å². The van der Waals surface area contributed by atoms with Crippen molar-refractivity contribution in [2.75, 3.05) is 5.73 Å². The molecule has 25 heavy (non-hydrogen) atoms. The normalized spacial score (nSPS) is 12.2. The Morgan fingerprint density at radius 1 is 1.36 bits per heavy atom. The molecule has 0 amide bonds. The number of H-pyrrole nitrogens is 1. The number of nitrogens with two attached hydrogens (primary N) is 1. The minimum Gasteiger partial charge on any atom is -0.481 e. The van der Waals surface area contributed by atoms with Crippen LogP contribution in [-0.4, -0.2) is 31.5 Å². The summed E-state index contributed by atoms with van der Waals surface area (Å²) in [5.41, 5.74) is 5.55. The predicted molar refractivity (Wildman–Crippen MR) is 93.6 cm³/mol. The van der Waals surface area contributed by atoms with Gasteiger partial charge in [-0.2, -0.15) is 4.98 Å². The predicted octanol–water partition coefficient (Wildman–Crippen LogP) is 1.98. The van der Waals surface area contributed by atoms with Gasteiger partial charge in [0, 0.05) is 0 Å². The van der Waals surface area contributed by atoms with Gasteiger partial charge < -0.3 is 15.5 Å². The lowest BCUT2D eigenvalue weighted by Crippen LogP contribution is -2.40. The minimum atomic E-state index is -0.833. The number of para-hydroxylation sites is 1. The second kappa shape index (κ2) is 7.16. The van der Waals surface area contributed by atoms with E-state index in [1.807, 2.05) is 25.1 Å². The molecule has 1 atom stereocenters. The van der Waals surface area contributed by atoms with Crippen molar-refractivity contribution in [2.24, 2.45) is 0 Å². The van der Waals surface area contributed by atoms with Crippen LogP contribution in [0.15, 0.2) is 41.5 Å². The number of rotatable bonds is 6. The van der Waals surface area contributed by atoms with E-state index in [2.05, 4.69) is 15.0 Å². The summed E-state index contributed by atoms with van der Waals surface area (Å²) in [5.74, 6) is -0.181. The molecule has 0 aliphatic rings. The van der Waals surface area contributed by atoms with Crippen LogP contribution in [0, 0.1) is 0 Å². The lowest BCUT2D eigenvalue weighted by atomic mass is 10.1. The number of nitrogens with one attached hydrogen (secondary N) is 1. The Bertz CT molecular complexity index is 932. The van der Waals surface area contributed by atoms with Gasteiger partial charge in [-0.15, -0.1) is 0 Å². The number of carbonyl (C=O) groups excluding carboxylic acids is 1. The standard InChI is InChI=1S/C17H19N5O3/c1-2-3-9-12(25-11-7-5-4-6-8-11)15(23)22-16(24)13-14(20-10-19-13)21-17(22)18/h4-8,10,12H,2-3,9H2,1H3,(H2,18,21)(H,19,20). The number of ether oxygens (including phenoxy) is 1. The highest BCUT2D eigenvalue weighted by Gasteiger charge is 2.26. The molecule has 8 heteroatoms. The number of unbranched alkanes of at least 4 members (excludes halogenated alkanes) is 1. The van der Waals surface area contributed by atoms with E-state index in [1.54, 1.807) is 12.1 Å². The third kappa shape index (κ3) is 3.37. The zero-order valence-corrected chi connectivity index (χ0v) is 13.8. The number of hydrogen-bond acceptors (Lipinski definition) is 6. The first-order valence-corrected chi connectivity index (χ1v) is 8.09. The molecule has 0 aliphatic heterocycles. The number of aromatic nitrogens is 4. The Morgan fingerprint density at radius 3 is 2.84 bits per heavy atom. The summed E-state index contributed by atoms with van der Waals surface area (Å²) in [4.78, 5) is 36.2. The molecular weight excluding hydrogens is 322 g/mol. The molecule has 8 nitrogen and oxygen atoms in total. The van der Waals surface area contributed by atoms with Crippen LogP contribution in [0.4, 0.5) is 5.95 Å². The molecular formula is C17H19N5O3. The van der Waals surface area contributed by atoms with Crippen molar-refractivity contribution in [3.63, 3.8) is 0 Å². The summed E-state index contributed by atoms with van der Waals surface area (Å²) >= 11 is 0. The Labute approximate surface area is 143 Å². The number of anilines is 1. The second-order valence-corrected chi connectivity index (χ2v) is 5.61. The van der Waals surface area contributed by atoms with Crippen molar-refractivity contribution in [2.45, 2.75) is 32.3 Å². The number of carbonyl (C=O) groups is 1. The Hall–Kier alpha value is -3.16. The Kier molecular flexibility index (Phi) is 4.78. The number of hydrogen-bond donors (Lipinski definition) is 2. The van der Waals surface area contributed by atoms with Crippen LogP contribution in [0.3, 0.4) is 0 Å². The first-order valence-electron chi connectivity index (χ1n) is 8.09. The van der Waals surface area contributed by atoms with E-state index in [0.29, 0.717) is 12.2 Å². The molecule has 0 aliphatic carbocycles. The topological polar surface area (TPSA) is 116 Å². The third-order valence-electron chi connectivity index (χ3n) is 3.82. The molecule has 0 bridgehead atoms. The molecule has 3 rings (SSSR count). The highest BCUT2D eigenvalue weighted by molar-refractivity contribution is 5.88. The Morgan fingerprint density at radius 2 is 2.12 bits per heavy atom. The van der Waals surface area contributed by atoms with E-state index in [0.717, 1.165) is 17.4 Å². The van der Waals surface area contributed by atoms with Gasteiger partial charge in [0.25, 0.3) is 11.5 Å². The van der Waals surface area contributed by atoms with Crippen LogP contribution in [0.5, 0.6) is 5.75 Å². The molecule has 0 fully saturated rings. The van der Waals surface area contributed by atoms with Gasteiger partial charge in [-0.1, -0.05) is 31.5 Å². The van der Waals surface area contributed by atoms with E-state index in [9.17, 15) is 9.59 Å². The second-order valence-electron chi connectivity index (χ2n) is 5.61. The first-order chi connectivity index (χ1) is 12.1. The molecule has 1 unspecified atom stereocenters. The average molecular weight is 341 g/mol. The van der Waals surface area contributed by atoms with Gasteiger partial charge in [-0.05, 0) is 25.0 Å². The summed E-state index contributed by atoms with van der Waals surface area (Å²) in [5, 5.41) is 0. The molecule has 0 radical (unpaired) electrons. The third-order valence-corrected chi connectivity index (χ3v) is 3.82. The van der Waals surface area contributed by atoms with Crippen molar-refractivity contribution in [3.05, 3.63) is 47.0 Å². The molecule has 2 heterocycles. The minimum absolute atomic E-state index is 0.0662. The van der Waals surface area contributed by atoms with Crippen LogP contribution in [-0.2, 0) is 0 Å². The van der Waals surface area contributed by atoms with Crippen LogP contribution in [0.25, 0.3) is 11.2 Å². The van der Waals surface area contributed by atoms with E-state index in [1.165, 1.54) is 6.33 Å². The van der Waals surface area contributed by atoms with Crippen molar-refractivity contribution >= 4 is 23.0 Å². The van der Waals surface area contributed by atoms with Crippen LogP contribution >= 0.6 is 0 Å². The van der Waals surface area contributed by atoms with Gasteiger partial charge in [0.05, 0.1) is 6.33 Å². The number of nitrogen functional groups attached to an aromatic ring is 1. The fraction of sp³-hybridized carbons (Fsp3) is 0.294. The van der Waals surface area contributed by atoms with Crippen molar-refractivity contribution in [1.82, 2.24) is 19.5 Å². The number of imidazole rings is 1. The highest BCUT2D eigenvalue weighted by Crippen LogP contribution is 2.16. The van der Waals surface area contributed by atoms with Gasteiger partial charge in [0.15, 0.2) is 17.3 Å². The van der Waals surface area contributed by atoms with Crippen LogP contribution in [0.2, 0.25) is 0 Å². The SMILES string of the molecule is CCCCC(Oc1ccccc1)C(=O)n1c(N)nc2[nH]cnc2c1=O. The van der Waals surface area contributed by atoms with E-state index >= 15 is 0 Å². The van der Waals surface area contributed by atoms with Crippen molar-refractivity contribution < 1.29 is 9.53 Å². The molecule has 2 aromatic heterocycles. The van der Waals surface area contributed by atoms with Crippen LogP contribution < -0.4 is 16.0 Å². The highest BCUT2D eigenvalue weighted by atomic mass is 16.5. The van der Waals surface area contributed by atoms with E-state index in [4.69, 9.17) is 10.5 Å². The smallest absolute Gasteiger partial charge is 0.290 e. The van der Waals surface area contributed by atoms with Gasteiger partial charge in [0.1, 0.15) is 5.75 Å². The molecule has 1 aromatic carbocycles. The number of nitrogens with zero attached hydrogens (tertiary/aromatic N) is 3. The molecule has 3 aromatic rings. The van der Waals surface area contributed by atoms with Gasteiger partial charge in [-0.25, -0.2) is 9.55 Å². The van der Waals surface area contributed by atoms with Crippen molar-refractivity contribution in [3.8, 4) is 5.75 Å². The first kappa shape index (κ1) is 16.7. The fourth-order valence-electron chi connectivity index (χ4n) is 2.55.